The number of nitrogens with zero attached hydrogens (tertiary/aromatic N) is 3. The molecule has 19 heavy (non-hydrogen) atoms. The van der Waals surface area contributed by atoms with Crippen LogP contribution < -0.4 is 5.32 Å². The standard InChI is InChI=1S/C10H15ClN4O3S/c1-7-9(10(11)14(2)13-7)19(17,18)15-5-3-4-12-8(16)6-15/h3-6H2,1-2H3,(H,12,16). The Morgan fingerprint density at radius 1 is 1.42 bits per heavy atom. The lowest BCUT2D eigenvalue weighted by molar-refractivity contribution is -0.120. The number of aromatic nitrogens is 2. The maximum Gasteiger partial charge on any atom is 0.248 e. The van der Waals surface area contributed by atoms with Crippen LogP contribution in [0, 0.1) is 6.92 Å². The minimum Gasteiger partial charge on any atom is -0.355 e. The monoisotopic (exact) mass is 306 g/mol. The summed E-state index contributed by atoms with van der Waals surface area (Å²) < 4.78 is 27.5. The molecule has 0 spiro atoms. The zero-order valence-corrected chi connectivity index (χ0v) is 12.3. The Bertz CT molecular complexity index is 611. The molecule has 1 aliphatic heterocycles. The molecule has 1 fully saturated rings. The first-order chi connectivity index (χ1) is 8.84. The third-order valence-corrected chi connectivity index (χ3v) is 5.47. The first kappa shape index (κ1) is 14.3. The molecule has 1 aliphatic rings. The number of halogens is 1. The predicted octanol–water partition coefficient (Wildman–Crippen LogP) is -0.107. The van der Waals surface area contributed by atoms with Gasteiger partial charge in [0.1, 0.15) is 10.0 Å². The molecule has 1 aromatic heterocycles. The summed E-state index contributed by atoms with van der Waals surface area (Å²) in [6.07, 6.45) is 0.571. The van der Waals surface area contributed by atoms with Gasteiger partial charge in [0.05, 0.1) is 12.2 Å². The largest absolute Gasteiger partial charge is 0.355 e. The Morgan fingerprint density at radius 2 is 2.11 bits per heavy atom. The fraction of sp³-hybridized carbons (Fsp3) is 0.600. The molecule has 0 saturated carbocycles. The molecule has 0 atom stereocenters. The van der Waals surface area contributed by atoms with E-state index in [1.807, 2.05) is 0 Å². The summed E-state index contributed by atoms with van der Waals surface area (Å²) in [6, 6.07) is 0. The van der Waals surface area contributed by atoms with E-state index in [1.54, 1.807) is 14.0 Å². The van der Waals surface area contributed by atoms with Gasteiger partial charge in [0.25, 0.3) is 0 Å². The van der Waals surface area contributed by atoms with Gasteiger partial charge in [0.2, 0.25) is 15.9 Å². The smallest absolute Gasteiger partial charge is 0.248 e. The van der Waals surface area contributed by atoms with Crippen molar-refractivity contribution in [3.8, 4) is 0 Å². The van der Waals surface area contributed by atoms with Crippen molar-refractivity contribution in [1.29, 1.82) is 0 Å². The number of amides is 1. The molecule has 1 saturated heterocycles. The number of hydrogen-bond donors (Lipinski definition) is 1. The fourth-order valence-electron chi connectivity index (χ4n) is 2.02. The lowest BCUT2D eigenvalue weighted by Crippen LogP contribution is -2.37. The van der Waals surface area contributed by atoms with Gasteiger partial charge in [-0.05, 0) is 13.3 Å². The van der Waals surface area contributed by atoms with Crippen molar-refractivity contribution in [3.63, 3.8) is 0 Å². The van der Waals surface area contributed by atoms with Crippen LogP contribution in [0.4, 0.5) is 0 Å². The highest BCUT2D eigenvalue weighted by Crippen LogP contribution is 2.27. The molecule has 7 nitrogen and oxygen atoms in total. The van der Waals surface area contributed by atoms with Crippen molar-refractivity contribution in [1.82, 2.24) is 19.4 Å². The first-order valence-corrected chi connectivity index (χ1v) is 7.62. The van der Waals surface area contributed by atoms with Crippen molar-refractivity contribution in [3.05, 3.63) is 10.8 Å². The summed E-state index contributed by atoms with van der Waals surface area (Å²) in [5.41, 5.74) is 0.331. The van der Waals surface area contributed by atoms with Gasteiger partial charge in [-0.2, -0.15) is 9.40 Å². The number of carbonyl (C=O) groups excluding carboxylic acids is 1. The van der Waals surface area contributed by atoms with Crippen LogP contribution in [0.5, 0.6) is 0 Å². The van der Waals surface area contributed by atoms with Gasteiger partial charge >= 0.3 is 0 Å². The number of rotatable bonds is 2. The molecule has 1 aromatic rings. The van der Waals surface area contributed by atoms with Crippen molar-refractivity contribution < 1.29 is 13.2 Å². The molecule has 2 rings (SSSR count). The summed E-state index contributed by atoms with van der Waals surface area (Å²) >= 11 is 5.99. The molecular weight excluding hydrogens is 292 g/mol. The third kappa shape index (κ3) is 2.60. The lowest BCUT2D eigenvalue weighted by atomic mass is 10.4. The SMILES string of the molecule is Cc1nn(C)c(Cl)c1S(=O)(=O)N1CCCNC(=O)C1. The van der Waals surface area contributed by atoms with E-state index in [2.05, 4.69) is 10.4 Å². The normalized spacial score (nSPS) is 18.2. The summed E-state index contributed by atoms with van der Waals surface area (Å²) in [6.45, 7) is 2.15. The van der Waals surface area contributed by atoms with Crippen LogP contribution in [0.2, 0.25) is 5.15 Å². The van der Waals surface area contributed by atoms with Crippen molar-refractivity contribution in [2.24, 2.45) is 7.05 Å². The maximum atomic E-state index is 12.5. The molecule has 106 valence electrons. The number of sulfonamides is 1. The summed E-state index contributed by atoms with van der Waals surface area (Å²) in [7, 11) is -2.23. The number of nitrogens with one attached hydrogen (secondary N) is 1. The third-order valence-electron chi connectivity index (χ3n) is 2.92. The highest BCUT2D eigenvalue weighted by atomic mass is 35.5. The molecule has 0 radical (unpaired) electrons. The van der Waals surface area contributed by atoms with E-state index in [0.29, 0.717) is 18.7 Å². The number of carbonyl (C=O) groups is 1. The fourth-order valence-corrected chi connectivity index (χ4v) is 4.16. The topological polar surface area (TPSA) is 84.3 Å². The van der Waals surface area contributed by atoms with Gasteiger partial charge < -0.3 is 5.32 Å². The van der Waals surface area contributed by atoms with E-state index < -0.39 is 10.0 Å². The quantitative estimate of drug-likeness (QED) is 0.826. The van der Waals surface area contributed by atoms with Crippen LogP contribution in [0.25, 0.3) is 0 Å². The van der Waals surface area contributed by atoms with Gasteiger partial charge in [0, 0.05) is 20.1 Å². The van der Waals surface area contributed by atoms with Gasteiger partial charge in [-0.3, -0.25) is 9.48 Å². The molecular formula is C10H15ClN4O3S. The van der Waals surface area contributed by atoms with E-state index in [-0.39, 0.29) is 29.0 Å². The van der Waals surface area contributed by atoms with E-state index in [9.17, 15) is 13.2 Å². The van der Waals surface area contributed by atoms with E-state index >= 15 is 0 Å². The van der Waals surface area contributed by atoms with E-state index in [1.165, 1.54) is 4.68 Å². The van der Waals surface area contributed by atoms with Crippen molar-refractivity contribution >= 4 is 27.5 Å². The van der Waals surface area contributed by atoms with Crippen LogP contribution in [-0.2, 0) is 21.9 Å². The first-order valence-electron chi connectivity index (χ1n) is 5.80. The Hall–Kier alpha value is -1.12. The Balaban J connectivity index is 2.44. The Morgan fingerprint density at radius 3 is 2.68 bits per heavy atom. The molecule has 1 amide bonds. The molecule has 0 aromatic carbocycles. The van der Waals surface area contributed by atoms with Crippen LogP contribution in [0.1, 0.15) is 12.1 Å². The van der Waals surface area contributed by atoms with Crippen molar-refractivity contribution in [2.75, 3.05) is 19.6 Å². The maximum absolute atomic E-state index is 12.5. The van der Waals surface area contributed by atoms with Crippen LogP contribution in [0.3, 0.4) is 0 Å². The highest BCUT2D eigenvalue weighted by molar-refractivity contribution is 7.89. The second-order valence-electron chi connectivity index (χ2n) is 4.37. The van der Waals surface area contributed by atoms with Gasteiger partial charge in [-0.1, -0.05) is 11.6 Å². The Labute approximate surface area is 116 Å². The van der Waals surface area contributed by atoms with E-state index in [4.69, 9.17) is 11.6 Å². The minimum absolute atomic E-state index is 0.0219. The molecule has 0 bridgehead atoms. The number of hydrogen-bond acceptors (Lipinski definition) is 4. The van der Waals surface area contributed by atoms with E-state index in [0.717, 1.165) is 4.31 Å². The van der Waals surface area contributed by atoms with Gasteiger partial charge in [-0.15, -0.1) is 0 Å². The van der Waals surface area contributed by atoms with Gasteiger partial charge in [-0.25, -0.2) is 8.42 Å². The second kappa shape index (κ2) is 5.10. The molecule has 0 aliphatic carbocycles. The van der Waals surface area contributed by atoms with Gasteiger partial charge in [0.15, 0.2) is 0 Å². The van der Waals surface area contributed by atoms with Crippen LogP contribution in [-0.4, -0.2) is 48.0 Å². The molecule has 1 N–H and O–H groups in total. The highest BCUT2D eigenvalue weighted by Gasteiger charge is 2.33. The summed E-state index contributed by atoms with van der Waals surface area (Å²) in [5, 5.41) is 6.68. The number of aryl methyl sites for hydroxylation is 2. The van der Waals surface area contributed by atoms with Crippen molar-refractivity contribution in [2.45, 2.75) is 18.2 Å². The summed E-state index contributed by atoms with van der Waals surface area (Å²) in [5.74, 6) is -0.307. The average molecular weight is 307 g/mol. The lowest BCUT2D eigenvalue weighted by Gasteiger charge is -2.18. The average Bonchev–Trinajstić information content (AvgIpc) is 2.51. The predicted molar refractivity (Wildman–Crippen MR) is 69.3 cm³/mol. The molecule has 9 heteroatoms. The second-order valence-corrected chi connectivity index (χ2v) is 6.60. The molecule has 0 unspecified atom stereocenters. The van der Waals surface area contributed by atoms with Crippen LogP contribution >= 0.6 is 11.6 Å². The zero-order chi connectivity index (χ0) is 14.2. The zero-order valence-electron chi connectivity index (χ0n) is 10.7. The minimum atomic E-state index is -3.80. The summed E-state index contributed by atoms with van der Waals surface area (Å²) in [4.78, 5) is 11.5. The Kier molecular flexibility index (Phi) is 3.84. The molecule has 2 heterocycles. The van der Waals surface area contributed by atoms with Crippen LogP contribution in [0.15, 0.2) is 4.90 Å².